The van der Waals surface area contributed by atoms with Crippen molar-refractivity contribution < 1.29 is 20.1 Å². The Balaban J connectivity index is 3.39. The number of carbonyl (C=O) groups is 1. The quantitative estimate of drug-likeness (QED) is 0.0458. The van der Waals surface area contributed by atoms with E-state index in [2.05, 4.69) is 19.2 Å². The molecular weight excluding hydrogens is 787 g/mol. The Hall–Kier alpha value is -0.650. The minimum Gasteiger partial charge on any atom is -0.394 e. The maximum atomic E-state index is 12.6. The molecule has 0 bridgehead atoms. The minimum atomic E-state index is -1.07. The highest BCUT2D eigenvalue weighted by atomic mass is 16.3. The van der Waals surface area contributed by atoms with Crippen molar-refractivity contribution in [2.45, 2.75) is 366 Å². The van der Waals surface area contributed by atoms with Gasteiger partial charge in [0.15, 0.2) is 0 Å². The van der Waals surface area contributed by atoms with Crippen LogP contribution < -0.4 is 5.32 Å². The summed E-state index contributed by atoms with van der Waals surface area (Å²) in [4.78, 5) is 12.6. The molecule has 0 saturated carbocycles. The second-order valence-corrected chi connectivity index (χ2v) is 20.9. The number of amides is 1. The lowest BCUT2D eigenvalue weighted by molar-refractivity contribution is -0.131. The van der Waals surface area contributed by atoms with Gasteiger partial charge in [-0.3, -0.25) is 4.79 Å². The molecule has 5 nitrogen and oxygen atoms in total. The summed E-state index contributed by atoms with van der Waals surface area (Å²) in [5.41, 5.74) is 0. The highest BCUT2D eigenvalue weighted by Gasteiger charge is 2.23. The molecular formula is C59H119NO4. The normalized spacial score (nSPS) is 13.1. The van der Waals surface area contributed by atoms with Gasteiger partial charge < -0.3 is 20.6 Å². The molecule has 0 spiro atoms. The molecule has 0 fully saturated rings. The topological polar surface area (TPSA) is 89.8 Å². The fourth-order valence-electron chi connectivity index (χ4n) is 9.84. The Bertz CT molecular complexity index is 868. The molecule has 5 heteroatoms. The highest BCUT2D eigenvalue weighted by molar-refractivity contribution is 5.80. The fourth-order valence-corrected chi connectivity index (χ4v) is 9.84. The Morgan fingerprint density at radius 1 is 0.312 bits per heavy atom. The zero-order chi connectivity index (χ0) is 46.5. The van der Waals surface area contributed by atoms with Crippen molar-refractivity contribution in [3.8, 4) is 0 Å². The van der Waals surface area contributed by atoms with Gasteiger partial charge in [0.05, 0.1) is 18.8 Å². The lowest BCUT2D eigenvalue weighted by atomic mass is 10.0. The average Bonchev–Trinajstić information content (AvgIpc) is 3.30. The predicted octanol–water partition coefficient (Wildman–Crippen LogP) is 18.5. The number of aliphatic hydroxyl groups is 3. The molecule has 0 aromatic heterocycles. The van der Waals surface area contributed by atoms with E-state index in [9.17, 15) is 20.1 Å². The van der Waals surface area contributed by atoms with Crippen molar-refractivity contribution in [3.05, 3.63) is 0 Å². The first-order valence-corrected chi connectivity index (χ1v) is 29.8. The van der Waals surface area contributed by atoms with Crippen LogP contribution in [0.5, 0.6) is 0 Å². The Morgan fingerprint density at radius 3 is 0.703 bits per heavy atom. The number of hydrogen-bond donors (Lipinski definition) is 4. The molecule has 0 radical (unpaired) electrons. The zero-order valence-corrected chi connectivity index (χ0v) is 44.0. The van der Waals surface area contributed by atoms with Gasteiger partial charge in [0.25, 0.3) is 0 Å². The molecule has 0 aliphatic heterocycles. The first-order valence-electron chi connectivity index (χ1n) is 29.8. The smallest absolute Gasteiger partial charge is 0.249 e. The van der Waals surface area contributed by atoms with Crippen LogP contribution in [0.1, 0.15) is 348 Å². The molecule has 0 saturated heterocycles. The van der Waals surface area contributed by atoms with E-state index in [1.165, 1.54) is 289 Å². The summed E-state index contributed by atoms with van der Waals surface area (Å²) >= 11 is 0. The van der Waals surface area contributed by atoms with Crippen LogP contribution in [0.3, 0.4) is 0 Å². The van der Waals surface area contributed by atoms with Crippen LogP contribution in [0.4, 0.5) is 0 Å². The predicted molar refractivity (Wildman–Crippen MR) is 282 cm³/mol. The number of unbranched alkanes of at least 4 members (excludes halogenated alkanes) is 48. The van der Waals surface area contributed by atoms with Gasteiger partial charge in [-0.1, -0.05) is 335 Å². The largest absolute Gasteiger partial charge is 0.394 e. The summed E-state index contributed by atoms with van der Waals surface area (Å²) in [5, 5.41) is 33.5. The zero-order valence-electron chi connectivity index (χ0n) is 44.0. The summed E-state index contributed by atoms with van der Waals surface area (Å²) in [5.74, 6) is -0.463. The summed E-state index contributed by atoms with van der Waals surface area (Å²) in [6.45, 7) is 4.27. The summed E-state index contributed by atoms with van der Waals surface area (Å²) in [6, 6.07) is -0.707. The van der Waals surface area contributed by atoms with Gasteiger partial charge in [-0.2, -0.15) is 0 Å². The first kappa shape index (κ1) is 63.4. The number of carbonyl (C=O) groups excluding carboxylic acids is 1. The van der Waals surface area contributed by atoms with Crippen molar-refractivity contribution in [3.63, 3.8) is 0 Å². The van der Waals surface area contributed by atoms with E-state index in [0.717, 1.165) is 32.1 Å². The molecule has 64 heavy (non-hydrogen) atoms. The molecule has 0 heterocycles. The van der Waals surface area contributed by atoms with E-state index in [4.69, 9.17) is 0 Å². The van der Waals surface area contributed by atoms with Crippen molar-refractivity contribution in [2.75, 3.05) is 6.61 Å². The number of rotatable bonds is 56. The number of aliphatic hydroxyl groups excluding tert-OH is 3. The van der Waals surface area contributed by atoms with Crippen LogP contribution in [-0.2, 0) is 4.79 Å². The van der Waals surface area contributed by atoms with Crippen LogP contribution >= 0.6 is 0 Å². The molecule has 0 aliphatic carbocycles. The average molecular weight is 907 g/mol. The second-order valence-electron chi connectivity index (χ2n) is 20.9. The van der Waals surface area contributed by atoms with E-state index in [0.29, 0.717) is 12.8 Å². The van der Waals surface area contributed by atoms with Gasteiger partial charge in [-0.05, 0) is 12.8 Å². The van der Waals surface area contributed by atoms with Gasteiger partial charge in [0.1, 0.15) is 6.10 Å². The van der Waals surface area contributed by atoms with Crippen molar-refractivity contribution >= 4 is 5.91 Å². The molecule has 4 N–H and O–H groups in total. The van der Waals surface area contributed by atoms with E-state index in [1.54, 1.807) is 0 Å². The first-order chi connectivity index (χ1) is 31.6. The maximum absolute atomic E-state index is 12.6. The monoisotopic (exact) mass is 906 g/mol. The van der Waals surface area contributed by atoms with E-state index in [-0.39, 0.29) is 6.61 Å². The van der Waals surface area contributed by atoms with Crippen molar-refractivity contribution in [2.24, 2.45) is 0 Å². The van der Waals surface area contributed by atoms with E-state index < -0.39 is 24.2 Å². The van der Waals surface area contributed by atoms with Gasteiger partial charge in [-0.15, -0.1) is 0 Å². The molecule has 1 amide bonds. The molecule has 0 aromatic rings. The van der Waals surface area contributed by atoms with Gasteiger partial charge >= 0.3 is 0 Å². The highest BCUT2D eigenvalue weighted by Crippen LogP contribution is 2.19. The Labute approximate surface area is 402 Å². The number of hydrogen-bond acceptors (Lipinski definition) is 4. The standard InChI is InChI=1S/C59H119NO4/c1-3-5-7-9-11-13-15-17-19-20-21-22-23-24-25-26-27-28-29-30-31-32-33-34-35-36-37-38-39-40-42-44-46-48-50-52-54-58(63)59(64)60-56(55-61)57(62)53-51-49-47-45-43-41-18-16-14-12-10-8-6-4-2/h56-58,61-63H,3-55H2,1-2H3,(H,60,64). The van der Waals surface area contributed by atoms with Crippen LogP contribution in [0.15, 0.2) is 0 Å². The lowest BCUT2D eigenvalue weighted by Crippen LogP contribution is -2.49. The summed E-state index contributed by atoms with van der Waals surface area (Å²) in [6.07, 6.45) is 67.5. The van der Waals surface area contributed by atoms with Gasteiger partial charge in [0, 0.05) is 0 Å². The third-order valence-corrected chi connectivity index (χ3v) is 14.5. The fraction of sp³-hybridized carbons (Fsp3) is 0.983. The van der Waals surface area contributed by atoms with Crippen molar-refractivity contribution in [1.82, 2.24) is 5.32 Å². The third kappa shape index (κ3) is 49.3. The molecule has 0 rings (SSSR count). The van der Waals surface area contributed by atoms with Crippen LogP contribution in [0, 0.1) is 0 Å². The minimum absolute atomic E-state index is 0.308. The maximum Gasteiger partial charge on any atom is 0.249 e. The van der Waals surface area contributed by atoms with E-state index in [1.807, 2.05) is 0 Å². The lowest BCUT2D eigenvalue weighted by Gasteiger charge is -2.23. The molecule has 0 aromatic carbocycles. The molecule has 0 aliphatic rings. The molecule has 3 unspecified atom stereocenters. The summed E-state index contributed by atoms with van der Waals surface area (Å²) in [7, 11) is 0. The van der Waals surface area contributed by atoms with Crippen LogP contribution in [-0.4, -0.2) is 46.1 Å². The van der Waals surface area contributed by atoms with Crippen molar-refractivity contribution in [1.29, 1.82) is 0 Å². The Kier molecular flexibility index (Phi) is 54.4. The Morgan fingerprint density at radius 2 is 0.500 bits per heavy atom. The van der Waals surface area contributed by atoms with Crippen LogP contribution in [0.25, 0.3) is 0 Å². The summed E-state index contributed by atoms with van der Waals surface area (Å²) < 4.78 is 0. The van der Waals surface area contributed by atoms with Crippen LogP contribution in [0.2, 0.25) is 0 Å². The molecule has 384 valence electrons. The third-order valence-electron chi connectivity index (χ3n) is 14.5. The van der Waals surface area contributed by atoms with E-state index >= 15 is 0 Å². The SMILES string of the molecule is CCCCCCCCCCCCCCCCCCCCCCCCCCCCCCCCCCCCCCC(O)C(=O)NC(CO)C(O)CCCCCCCCCCCCCCCC. The van der Waals surface area contributed by atoms with Gasteiger partial charge in [0.2, 0.25) is 5.91 Å². The van der Waals surface area contributed by atoms with Gasteiger partial charge in [-0.25, -0.2) is 0 Å². The molecule has 3 atom stereocenters. The second kappa shape index (κ2) is 55.0. The number of nitrogens with one attached hydrogen (secondary N) is 1.